The predicted molar refractivity (Wildman–Crippen MR) is 140 cm³/mol. The maximum atomic E-state index is 12.6. The van der Waals surface area contributed by atoms with Gasteiger partial charge in [0, 0.05) is 5.56 Å². The van der Waals surface area contributed by atoms with E-state index in [1.165, 1.54) is 19.2 Å². The number of aryl methyl sites for hydroxylation is 1. The van der Waals surface area contributed by atoms with Crippen LogP contribution in [0.4, 0.5) is 0 Å². The molecule has 0 fully saturated rings. The maximum absolute atomic E-state index is 12.6. The van der Waals surface area contributed by atoms with Crippen LogP contribution in [-0.2, 0) is 11.3 Å². The zero-order valence-electron chi connectivity index (χ0n) is 20.0. The van der Waals surface area contributed by atoms with Gasteiger partial charge in [0.1, 0.15) is 6.61 Å². The molecule has 4 aromatic carbocycles. The highest BCUT2D eigenvalue weighted by molar-refractivity contribution is 6.32. The van der Waals surface area contributed by atoms with Crippen LogP contribution >= 0.6 is 11.6 Å². The first-order valence-corrected chi connectivity index (χ1v) is 11.7. The Hall–Kier alpha value is -4.09. The van der Waals surface area contributed by atoms with Crippen LogP contribution in [0.15, 0.2) is 91.0 Å². The minimum Gasteiger partial charge on any atom is -0.493 e. The number of halogens is 1. The zero-order valence-corrected chi connectivity index (χ0v) is 20.7. The van der Waals surface area contributed by atoms with Gasteiger partial charge >= 0.3 is 5.97 Å². The van der Waals surface area contributed by atoms with Gasteiger partial charge in [-0.1, -0.05) is 96.0 Å². The third-order valence-corrected chi connectivity index (χ3v) is 5.90. The second-order valence-electron chi connectivity index (χ2n) is 8.21. The van der Waals surface area contributed by atoms with Gasteiger partial charge in [0.2, 0.25) is 0 Å². The summed E-state index contributed by atoms with van der Waals surface area (Å²) < 4.78 is 16.5. The van der Waals surface area contributed by atoms with Crippen molar-refractivity contribution in [1.29, 1.82) is 0 Å². The fourth-order valence-electron chi connectivity index (χ4n) is 3.59. The number of esters is 1. The van der Waals surface area contributed by atoms with E-state index in [9.17, 15) is 9.59 Å². The van der Waals surface area contributed by atoms with Crippen LogP contribution in [0.2, 0.25) is 5.02 Å². The lowest BCUT2D eigenvalue weighted by atomic mass is 10.0. The molecule has 0 aliphatic rings. The van der Waals surface area contributed by atoms with Gasteiger partial charge < -0.3 is 14.2 Å². The molecular formula is C30H25ClO5. The lowest BCUT2D eigenvalue weighted by Gasteiger charge is -2.14. The topological polar surface area (TPSA) is 61.8 Å². The Morgan fingerprint density at radius 3 is 2.14 bits per heavy atom. The fourth-order valence-corrected chi connectivity index (χ4v) is 3.86. The lowest BCUT2D eigenvalue weighted by molar-refractivity contribution is 0.0474. The van der Waals surface area contributed by atoms with Gasteiger partial charge in [0.05, 0.1) is 17.7 Å². The molecule has 0 aliphatic carbocycles. The normalized spacial score (nSPS) is 10.5. The third-order valence-electron chi connectivity index (χ3n) is 5.62. The van der Waals surface area contributed by atoms with Gasteiger partial charge in [-0.3, -0.25) is 4.79 Å². The van der Waals surface area contributed by atoms with E-state index < -0.39 is 12.6 Å². The Labute approximate surface area is 215 Å². The summed E-state index contributed by atoms with van der Waals surface area (Å²) in [6.45, 7) is 1.91. The largest absolute Gasteiger partial charge is 0.493 e. The van der Waals surface area contributed by atoms with E-state index in [2.05, 4.69) is 0 Å². The van der Waals surface area contributed by atoms with E-state index in [1.54, 1.807) is 12.1 Å². The van der Waals surface area contributed by atoms with Crippen LogP contribution in [0.5, 0.6) is 11.5 Å². The van der Waals surface area contributed by atoms with Crippen LogP contribution in [0, 0.1) is 6.92 Å². The van der Waals surface area contributed by atoms with E-state index >= 15 is 0 Å². The Bertz CT molecular complexity index is 1350. The van der Waals surface area contributed by atoms with Gasteiger partial charge in [0.25, 0.3) is 0 Å². The smallest absolute Gasteiger partial charge is 0.338 e. The van der Waals surface area contributed by atoms with Crippen molar-refractivity contribution in [3.8, 4) is 22.6 Å². The van der Waals surface area contributed by atoms with Gasteiger partial charge in [-0.15, -0.1) is 0 Å². The number of benzene rings is 4. The minimum atomic E-state index is -0.686. The highest BCUT2D eigenvalue weighted by Crippen LogP contribution is 2.37. The van der Waals surface area contributed by atoms with Gasteiger partial charge in [-0.2, -0.15) is 0 Å². The summed E-state index contributed by atoms with van der Waals surface area (Å²) >= 11 is 6.39. The molecule has 36 heavy (non-hydrogen) atoms. The van der Waals surface area contributed by atoms with E-state index in [-0.39, 0.29) is 23.0 Å². The van der Waals surface area contributed by atoms with E-state index in [0.717, 1.165) is 22.3 Å². The second-order valence-corrected chi connectivity index (χ2v) is 8.61. The van der Waals surface area contributed by atoms with Crippen molar-refractivity contribution >= 4 is 23.4 Å². The van der Waals surface area contributed by atoms with E-state index in [1.807, 2.05) is 73.7 Å². The molecule has 182 valence electrons. The number of ether oxygens (including phenoxy) is 3. The molecular weight excluding hydrogens is 476 g/mol. The molecule has 0 aromatic heterocycles. The van der Waals surface area contributed by atoms with Crippen molar-refractivity contribution in [1.82, 2.24) is 0 Å². The van der Waals surface area contributed by atoms with Crippen molar-refractivity contribution in [3.63, 3.8) is 0 Å². The molecule has 5 nitrogen and oxygen atoms in total. The van der Waals surface area contributed by atoms with Crippen molar-refractivity contribution in [2.45, 2.75) is 13.5 Å². The van der Waals surface area contributed by atoms with Gasteiger partial charge in [-0.05, 0) is 35.7 Å². The number of Topliss-reactive ketones (excluding diaryl/α,β-unsaturated/α-hetero) is 1. The van der Waals surface area contributed by atoms with Crippen LogP contribution in [0.25, 0.3) is 11.1 Å². The van der Waals surface area contributed by atoms with Crippen molar-refractivity contribution < 1.29 is 23.8 Å². The first-order chi connectivity index (χ1) is 17.4. The highest BCUT2D eigenvalue weighted by atomic mass is 35.5. The van der Waals surface area contributed by atoms with Crippen molar-refractivity contribution in [3.05, 3.63) is 118 Å². The number of carbonyl (C=O) groups excluding carboxylic acids is 2. The quantitative estimate of drug-likeness (QED) is 0.184. The summed E-state index contributed by atoms with van der Waals surface area (Å²) in [5.41, 5.74) is 4.79. The third kappa shape index (κ3) is 6.12. The molecule has 0 unspecified atom stereocenters. The van der Waals surface area contributed by atoms with Gasteiger partial charge in [0.15, 0.2) is 23.9 Å². The molecule has 0 spiro atoms. The van der Waals surface area contributed by atoms with E-state index in [0.29, 0.717) is 17.1 Å². The molecule has 0 amide bonds. The van der Waals surface area contributed by atoms with Crippen LogP contribution < -0.4 is 9.47 Å². The number of ketones is 1. The van der Waals surface area contributed by atoms with Crippen molar-refractivity contribution in [2.24, 2.45) is 0 Å². The average molecular weight is 501 g/mol. The summed E-state index contributed by atoms with van der Waals surface area (Å²) in [6, 6.07) is 27.9. The monoisotopic (exact) mass is 500 g/mol. The number of hydrogen-bond donors (Lipinski definition) is 0. The SMILES string of the molecule is COc1cc(C(=O)OCC(=O)c2ccc(-c3ccccc3)cc2)cc(Cl)c1OCc1ccc(C)cc1. The van der Waals surface area contributed by atoms with Crippen LogP contribution in [0.3, 0.4) is 0 Å². The molecule has 6 heteroatoms. The Balaban J connectivity index is 1.39. The molecule has 0 aliphatic heterocycles. The first kappa shape index (κ1) is 25.0. The number of methoxy groups -OCH3 is 1. The summed E-state index contributed by atoms with van der Waals surface area (Å²) in [7, 11) is 1.46. The van der Waals surface area contributed by atoms with Crippen LogP contribution in [0.1, 0.15) is 31.8 Å². The summed E-state index contributed by atoms with van der Waals surface area (Å²) in [6.07, 6.45) is 0. The number of carbonyl (C=O) groups is 2. The van der Waals surface area contributed by atoms with Gasteiger partial charge in [-0.25, -0.2) is 4.79 Å². The molecule has 0 heterocycles. The summed E-state index contributed by atoms with van der Waals surface area (Å²) in [5.74, 6) is -0.371. The van der Waals surface area contributed by atoms with Crippen molar-refractivity contribution in [2.75, 3.05) is 13.7 Å². The fraction of sp³-hybridized carbons (Fsp3) is 0.133. The Morgan fingerprint density at radius 1 is 0.806 bits per heavy atom. The molecule has 0 saturated heterocycles. The number of hydrogen-bond acceptors (Lipinski definition) is 5. The van der Waals surface area contributed by atoms with Crippen LogP contribution in [-0.4, -0.2) is 25.5 Å². The minimum absolute atomic E-state index is 0.159. The molecule has 0 saturated carbocycles. The lowest BCUT2D eigenvalue weighted by Crippen LogP contribution is -2.14. The molecule has 0 atom stereocenters. The number of rotatable bonds is 9. The Kier molecular flexibility index (Phi) is 8.03. The highest BCUT2D eigenvalue weighted by Gasteiger charge is 2.18. The molecule has 0 N–H and O–H groups in total. The van der Waals surface area contributed by atoms with E-state index in [4.69, 9.17) is 25.8 Å². The maximum Gasteiger partial charge on any atom is 0.338 e. The Morgan fingerprint density at radius 2 is 1.47 bits per heavy atom. The first-order valence-electron chi connectivity index (χ1n) is 11.4. The molecule has 0 radical (unpaired) electrons. The zero-order chi connectivity index (χ0) is 25.5. The molecule has 0 bridgehead atoms. The standard InChI is InChI=1S/C30H25ClO5/c1-20-8-10-21(11-9-20)18-35-29-26(31)16-25(17-28(29)34-2)30(33)36-19-27(32)24-14-12-23(13-15-24)22-6-4-3-5-7-22/h3-17H,18-19H2,1-2H3. The molecule has 4 aromatic rings. The summed E-state index contributed by atoms with van der Waals surface area (Å²) in [5, 5.41) is 0.205. The second kappa shape index (κ2) is 11.6. The summed E-state index contributed by atoms with van der Waals surface area (Å²) in [4.78, 5) is 25.2. The predicted octanol–water partition coefficient (Wildman–Crippen LogP) is 6.94. The average Bonchev–Trinajstić information content (AvgIpc) is 2.92. The molecule has 4 rings (SSSR count).